The first-order chi connectivity index (χ1) is 10.9. The van der Waals surface area contributed by atoms with Crippen molar-refractivity contribution < 1.29 is 18.0 Å². The molecule has 0 fully saturated rings. The number of amides is 1. The maximum absolute atomic E-state index is 12.6. The second-order valence-corrected chi connectivity index (χ2v) is 5.01. The summed E-state index contributed by atoms with van der Waals surface area (Å²) in [6.45, 7) is 0.0155. The maximum atomic E-state index is 12.6. The second-order valence-electron chi connectivity index (χ2n) is 4.57. The lowest BCUT2D eigenvalue weighted by molar-refractivity contribution is -0.137. The van der Waals surface area contributed by atoms with E-state index in [4.69, 9.17) is 11.6 Å². The monoisotopic (exact) mass is 337 g/mol. The number of alkyl halides is 3. The van der Waals surface area contributed by atoms with Gasteiger partial charge in [0.2, 0.25) is 0 Å². The van der Waals surface area contributed by atoms with E-state index in [2.05, 4.69) is 17.2 Å². The molecule has 0 spiro atoms. The van der Waals surface area contributed by atoms with Crippen LogP contribution in [0.25, 0.3) is 0 Å². The highest BCUT2D eigenvalue weighted by Gasteiger charge is 2.30. The smallest absolute Gasteiger partial charge is 0.341 e. The van der Waals surface area contributed by atoms with Crippen molar-refractivity contribution in [2.24, 2.45) is 0 Å². The molecule has 2 aromatic carbocycles. The van der Waals surface area contributed by atoms with Crippen LogP contribution in [0.1, 0.15) is 21.5 Å². The molecule has 2 rings (SSSR count). The van der Waals surface area contributed by atoms with Gasteiger partial charge in [0.1, 0.15) is 0 Å². The first kappa shape index (κ1) is 16.9. The quantitative estimate of drug-likeness (QED) is 0.820. The van der Waals surface area contributed by atoms with E-state index in [9.17, 15) is 18.0 Å². The molecule has 0 aliphatic heterocycles. The molecule has 0 aliphatic rings. The summed E-state index contributed by atoms with van der Waals surface area (Å²) in [4.78, 5) is 11.8. The number of nitrogens with one attached hydrogen (secondary N) is 1. The van der Waals surface area contributed by atoms with Crippen LogP contribution >= 0.6 is 11.6 Å². The molecule has 1 amide bonds. The van der Waals surface area contributed by atoms with Crippen molar-refractivity contribution in [2.75, 3.05) is 6.54 Å². The molecule has 0 unspecified atom stereocenters. The molecule has 0 aliphatic carbocycles. The Labute approximate surface area is 136 Å². The Morgan fingerprint density at radius 3 is 2.57 bits per heavy atom. The highest BCUT2D eigenvalue weighted by Crippen LogP contribution is 2.29. The van der Waals surface area contributed by atoms with Gasteiger partial charge in [-0.05, 0) is 36.4 Å². The van der Waals surface area contributed by atoms with Gasteiger partial charge in [-0.15, -0.1) is 0 Å². The van der Waals surface area contributed by atoms with Gasteiger partial charge in [0.15, 0.2) is 0 Å². The number of hydrogen-bond acceptors (Lipinski definition) is 1. The van der Waals surface area contributed by atoms with Gasteiger partial charge >= 0.3 is 6.18 Å². The number of hydrogen-bond donors (Lipinski definition) is 1. The molecule has 6 heteroatoms. The van der Waals surface area contributed by atoms with Crippen LogP contribution in [0, 0.1) is 11.8 Å². The summed E-state index contributed by atoms with van der Waals surface area (Å²) in [7, 11) is 0. The van der Waals surface area contributed by atoms with Crippen molar-refractivity contribution in [3.05, 3.63) is 70.2 Å². The molecule has 2 aromatic rings. The molecule has 0 saturated heterocycles. The predicted octanol–water partition coefficient (Wildman–Crippen LogP) is 4.14. The minimum absolute atomic E-state index is 0.0155. The van der Waals surface area contributed by atoms with Crippen LogP contribution in [0.5, 0.6) is 0 Å². The Morgan fingerprint density at radius 1 is 1.13 bits per heavy atom. The fourth-order valence-corrected chi connectivity index (χ4v) is 1.97. The number of benzene rings is 2. The lowest BCUT2D eigenvalue weighted by Gasteiger charge is -2.05. The Morgan fingerprint density at radius 2 is 1.87 bits per heavy atom. The van der Waals surface area contributed by atoms with Gasteiger partial charge in [-0.3, -0.25) is 4.79 Å². The number of carbonyl (C=O) groups is 1. The number of halogens is 4. The van der Waals surface area contributed by atoms with Crippen LogP contribution in [0.2, 0.25) is 5.02 Å². The number of rotatable bonds is 2. The van der Waals surface area contributed by atoms with E-state index in [0.717, 1.165) is 12.1 Å². The molecule has 23 heavy (non-hydrogen) atoms. The topological polar surface area (TPSA) is 29.1 Å². The van der Waals surface area contributed by atoms with Crippen molar-refractivity contribution in [3.8, 4) is 11.8 Å². The molecule has 0 atom stereocenters. The Bertz CT molecular complexity index is 775. The van der Waals surface area contributed by atoms with Crippen molar-refractivity contribution in [1.82, 2.24) is 5.32 Å². The van der Waals surface area contributed by atoms with E-state index < -0.39 is 11.7 Å². The van der Waals surface area contributed by atoms with Gasteiger partial charge in [0, 0.05) is 16.1 Å². The van der Waals surface area contributed by atoms with Crippen LogP contribution in [0.4, 0.5) is 13.2 Å². The first-order valence-electron chi connectivity index (χ1n) is 6.56. The van der Waals surface area contributed by atoms with Crippen LogP contribution < -0.4 is 5.32 Å². The predicted molar refractivity (Wildman–Crippen MR) is 82.1 cm³/mol. The largest absolute Gasteiger partial charge is 0.416 e. The van der Waals surface area contributed by atoms with Gasteiger partial charge < -0.3 is 5.32 Å². The standard InChI is InChI=1S/C17H11ClF3NO/c18-15-8-2-6-13(11-15)16(23)22-9-3-5-12-4-1-7-14(10-12)17(19,20)21/h1-2,4,6-8,10-11H,9H2,(H,22,23). The normalized spacial score (nSPS) is 10.6. The fraction of sp³-hybridized carbons (Fsp3) is 0.118. The SMILES string of the molecule is O=C(NCC#Cc1cccc(C(F)(F)F)c1)c1cccc(Cl)c1. The van der Waals surface area contributed by atoms with Crippen LogP contribution in [0.3, 0.4) is 0 Å². The van der Waals surface area contributed by atoms with E-state index in [0.29, 0.717) is 10.6 Å². The molecule has 1 N–H and O–H groups in total. The molecule has 2 nitrogen and oxygen atoms in total. The summed E-state index contributed by atoms with van der Waals surface area (Å²) in [5.41, 5.74) is -0.137. The zero-order chi connectivity index (χ0) is 16.9. The summed E-state index contributed by atoms with van der Waals surface area (Å²) in [5, 5.41) is 2.99. The second kappa shape index (κ2) is 7.21. The van der Waals surface area contributed by atoms with E-state index in [1.54, 1.807) is 18.2 Å². The molecular weight excluding hydrogens is 327 g/mol. The van der Waals surface area contributed by atoms with E-state index in [1.165, 1.54) is 18.2 Å². The molecule has 0 saturated carbocycles. The summed E-state index contributed by atoms with van der Waals surface area (Å²) in [6.07, 6.45) is -4.40. The van der Waals surface area contributed by atoms with Gasteiger partial charge in [0.05, 0.1) is 12.1 Å². The van der Waals surface area contributed by atoms with E-state index >= 15 is 0 Å². The summed E-state index contributed by atoms with van der Waals surface area (Å²) in [6, 6.07) is 11.1. The van der Waals surface area contributed by atoms with Gasteiger partial charge in [-0.2, -0.15) is 13.2 Å². The highest BCUT2D eigenvalue weighted by atomic mass is 35.5. The Balaban J connectivity index is 1.97. The first-order valence-corrected chi connectivity index (χ1v) is 6.94. The Kier molecular flexibility index (Phi) is 5.30. The van der Waals surface area contributed by atoms with Crippen LogP contribution in [-0.2, 0) is 6.18 Å². The fourth-order valence-electron chi connectivity index (χ4n) is 1.78. The maximum Gasteiger partial charge on any atom is 0.416 e. The zero-order valence-corrected chi connectivity index (χ0v) is 12.5. The molecule has 0 aromatic heterocycles. The van der Waals surface area contributed by atoms with Crippen molar-refractivity contribution >= 4 is 17.5 Å². The average molecular weight is 338 g/mol. The third-order valence-electron chi connectivity index (χ3n) is 2.85. The third-order valence-corrected chi connectivity index (χ3v) is 3.08. The average Bonchev–Trinajstić information content (AvgIpc) is 2.51. The third kappa shape index (κ3) is 5.04. The minimum Gasteiger partial charge on any atom is -0.341 e. The van der Waals surface area contributed by atoms with Crippen molar-refractivity contribution in [3.63, 3.8) is 0 Å². The lowest BCUT2D eigenvalue weighted by atomic mass is 10.1. The Hall–Kier alpha value is -2.45. The van der Waals surface area contributed by atoms with Gasteiger partial charge in [-0.1, -0.05) is 35.6 Å². The molecule has 118 valence electrons. The van der Waals surface area contributed by atoms with Gasteiger partial charge in [-0.25, -0.2) is 0 Å². The summed E-state index contributed by atoms with van der Waals surface area (Å²) in [5.74, 6) is 4.84. The zero-order valence-electron chi connectivity index (χ0n) is 11.7. The summed E-state index contributed by atoms with van der Waals surface area (Å²) >= 11 is 5.78. The van der Waals surface area contributed by atoms with E-state index in [-0.39, 0.29) is 18.0 Å². The van der Waals surface area contributed by atoms with E-state index in [1.807, 2.05) is 0 Å². The minimum atomic E-state index is -4.40. The summed E-state index contributed by atoms with van der Waals surface area (Å²) < 4.78 is 37.7. The molecule has 0 heterocycles. The molecule has 0 radical (unpaired) electrons. The highest BCUT2D eigenvalue weighted by molar-refractivity contribution is 6.30. The van der Waals surface area contributed by atoms with Crippen molar-refractivity contribution in [1.29, 1.82) is 0 Å². The lowest BCUT2D eigenvalue weighted by Crippen LogP contribution is -2.23. The van der Waals surface area contributed by atoms with Gasteiger partial charge in [0.25, 0.3) is 5.91 Å². The van der Waals surface area contributed by atoms with Crippen molar-refractivity contribution in [2.45, 2.75) is 6.18 Å². The molecule has 0 bridgehead atoms. The van der Waals surface area contributed by atoms with Crippen LogP contribution in [0.15, 0.2) is 48.5 Å². The van der Waals surface area contributed by atoms with Crippen LogP contribution in [-0.4, -0.2) is 12.5 Å². The number of carbonyl (C=O) groups excluding carboxylic acids is 1. The molecular formula is C17H11ClF3NO.